The zero-order chi connectivity index (χ0) is 8.85. The van der Waals surface area contributed by atoms with Gasteiger partial charge in [-0.15, -0.1) is 22.2 Å². The molecule has 0 saturated carbocycles. The molecule has 6 heteroatoms. The van der Waals surface area contributed by atoms with Gasteiger partial charge in [-0.1, -0.05) is 12.2 Å². The van der Waals surface area contributed by atoms with E-state index in [1.807, 2.05) is 0 Å². The summed E-state index contributed by atoms with van der Waals surface area (Å²) < 4.78 is 23.8. The molecule has 0 amide bonds. The molecule has 66 valence electrons. The van der Waals surface area contributed by atoms with Gasteiger partial charge < -0.3 is 5.73 Å². The minimum absolute atomic E-state index is 0.194. The Kier molecular flexibility index (Phi) is 5.71. The standard InChI is InChI=1S/C4H7F2N.CH3NS2/c5-4-2-1-3-7(4)6;2-1(3)4/h4H,1-3H2;(H3,2,3,4). The average molecular weight is 200 g/mol. The first-order valence-electron chi connectivity index (χ1n) is 3.09. The van der Waals surface area contributed by atoms with Crippen LogP contribution in [0.15, 0.2) is 0 Å². The van der Waals surface area contributed by atoms with Crippen molar-refractivity contribution in [3.05, 3.63) is 0 Å². The van der Waals surface area contributed by atoms with Gasteiger partial charge in [-0.05, 0) is 12.8 Å². The monoisotopic (exact) mass is 200 g/mol. The molecule has 2 nitrogen and oxygen atoms in total. The van der Waals surface area contributed by atoms with Crippen molar-refractivity contribution in [3.8, 4) is 0 Å². The minimum Gasteiger partial charge on any atom is -0.385 e. The van der Waals surface area contributed by atoms with E-state index >= 15 is 0 Å². The van der Waals surface area contributed by atoms with E-state index in [0.717, 1.165) is 0 Å². The Labute approximate surface area is 75.1 Å². The molecule has 1 fully saturated rings. The molecule has 1 saturated heterocycles. The van der Waals surface area contributed by atoms with Gasteiger partial charge in [-0.25, -0.2) is 4.39 Å². The summed E-state index contributed by atoms with van der Waals surface area (Å²) in [6.07, 6.45) is -0.311. The van der Waals surface area contributed by atoms with Crippen molar-refractivity contribution in [1.29, 1.82) is 0 Å². The molecule has 0 aliphatic carbocycles. The molecular weight excluding hydrogens is 190 g/mol. The fraction of sp³-hybridized carbons (Fsp3) is 0.800. The van der Waals surface area contributed by atoms with Crippen LogP contribution in [0.4, 0.5) is 8.87 Å². The molecule has 1 rings (SSSR count). The quantitative estimate of drug-likeness (QED) is 0.268. The second kappa shape index (κ2) is 5.68. The van der Waals surface area contributed by atoms with Crippen molar-refractivity contribution < 1.29 is 8.87 Å². The highest BCUT2D eigenvalue weighted by Crippen LogP contribution is 2.17. The van der Waals surface area contributed by atoms with E-state index in [4.69, 9.17) is 5.73 Å². The molecule has 1 aliphatic heterocycles. The first kappa shape index (κ1) is 11.1. The number of hydrogen-bond acceptors (Lipinski definition) is 2. The largest absolute Gasteiger partial charge is 0.385 e. The Morgan fingerprint density at radius 1 is 1.73 bits per heavy atom. The summed E-state index contributed by atoms with van der Waals surface area (Å²) in [5.41, 5.74) is 4.71. The molecule has 1 heterocycles. The van der Waals surface area contributed by atoms with E-state index in [1.54, 1.807) is 0 Å². The number of thiocarbonyl (C=S) groups is 1. The third kappa shape index (κ3) is 6.46. The molecule has 0 bridgehead atoms. The van der Waals surface area contributed by atoms with Gasteiger partial charge in [0.2, 0.25) is 0 Å². The van der Waals surface area contributed by atoms with Crippen LogP contribution in [0.5, 0.6) is 0 Å². The average Bonchev–Trinajstić information content (AvgIpc) is 2.15. The Bertz CT molecular complexity index is 122. The van der Waals surface area contributed by atoms with E-state index in [-0.39, 0.29) is 16.0 Å². The number of nitrogens with zero attached hydrogens (tertiary/aromatic N) is 1. The topological polar surface area (TPSA) is 29.3 Å². The zero-order valence-corrected chi connectivity index (χ0v) is 7.55. The highest BCUT2D eigenvalue weighted by molar-refractivity contribution is 8.10. The summed E-state index contributed by atoms with van der Waals surface area (Å²) in [6, 6.07) is 0. The maximum atomic E-state index is 11.9. The molecular formula is C5H10F2N2S2. The molecule has 2 N–H and O–H groups in total. The minimum atomic E-state index is -1.32. The Morgan fingerprint density at radius 3 is 2.27 bits per heavy atom. The van der Waals surface area contributed by atoms with E-state index < -0.39 is 6.30 Å². The molecule has 1 unspecified atom stereocenters. The summed E-state index contributed by atoms with van der Waals surface area (Å²) in [4.78, 5) is 0. The predicted octanol–water partition coefficient (Wildman–Crippen LogP) is 1.42. The van der Waals surface area contributed by atoms with Crippen LogP contribution in [-0.4, -0.2) is 22.3 Å². The van der Waals surface area contributed by atoms with Crippen molar-refractivity contribution in [3.63, 3.8) is 0 Å². The second-order valence-corrected chi connectivity index (χ2v) is 3.26. The predicted molar refractivity (Wildman–Crippen MR) is 47.7 cm³/mol. The van der Waals surface area contributed by atoms with Crippen molar-refractivity contribution in [2.24, 2.45) is 5.73 Å². The van der Waals surface area contributed by atoms with Gasteiger partial charge in [0.25, 0.3) is 0 Å². The second-order valence-electron chi connectivity index (χ2n) is 2.04. The highest BCUT2D eigenvalue weighted by atomic mass is 32.1. The number of alkyl halides is 1. The SMILES string of the molecule is FC1CCCN1F.NC(=S)S. The first-order chi connectivity index (χ1) is 5.04. The van der Waals surface area contributed by atoms with Gasteiger partial charge in [0, 0.05) is 6.54 Å². The van der Waals surface area contributed by atoms with Gasteiger partial charge in [-0.2, -0.15) is 0 Å². The molecule has 0 aromatic carbocycles. The van der Waals surface area contributed by atoms with Crippen LogP contribution in [0.25, 0.3) is 0 Å². The maximum absolute atomic E-state index is 11.9. The Morgan fingerprint density at radius 2 is 2.18 bits per heavy atom. The van der Waals surface area contributed by atoms with E-state index in [1.165, 1.54) is 0 Å². The summed E-state index contributed by atoms with van der Waals surface area (Å²) >= 11 is 7.65. The smallest absolute Gasteiger partial charge is 0.180 e. The van der Waals surface area contributed by atoms with Gasteiger partial charge in [0.15, 0.2) is 6.30 Å². The van der Waals surface area contributed by atoms with E-state index in [2.05, 4.69) is 24.8 Å². The summed E-state index contributed by atoms with van der Waals surface area (Å²) in [7, 11) is 0. The first-order valence-corrected chi connectivity index (χ1v) is 3.94. The van der Waals surface area contributed by atoms with Crippen LogP contribution >= 0.6 is 24.8 Å². The molecule has 1 aliphatic rings. The summed E-state index contributed by atoms with van der Waals surface area (Å²) in [6.45, 7) is 0.265. The van der Waals surface area contributed by atoms with Crippen LogP contribution in [0.3, 0.4) is 0 Å². The normalized spacial score (nSPS) is 24.1. The van der Waals surface area contributed by atoms with E-state index in [9.17, 15) is 8.87 Å². The number of nitrogens with two attached hydrogens (primary N) is 1. The molecule has 1 atom stereocenters. The van der Waals surface area contributed by atoms with Crippen molar-refractivity contribution in [2.75, 3.05) is 6.54 Å². The molecule has 0 spiro atoms. The molecule has 0 radical (unpaired) electrons. The van der Waals surface area contributed by atoms with Gasteiger partial charge in [-0.3, -0.25) is 0 Å². The summed E-state index contributed by atoms with van der Waals surface area (Å²) in [5, 5.41) is 0.236. The van der Waals surface area contributed by atoms with E-state index in [0.29, 0.717) is 12.8 Å². The van der Waals surface area contributed by atoms with Gasteiger partial charge >= 0.3 is 0 Å². The van der Waals surface area contributed by atoms with Gasteiger partial charge in [0.05, 0.1) is 0 Å². The van der Waals surface area contributed by atoms with Crippen LogP contribution in [-0.2, 0) is 0 Å². The Hall–Kier alpha value is 0.0600. The third-order valence-corrected chi connectivity index (χ3v) is 1.12. The zero-order valence-electron chi connectivity index (χ0n) is 5.83. The van der Waals surface area contributed by atoms with Crippen LogP contribution < -0.4 is 5.73 Å². The Balaban J connectivity index is 0.000000218. The number of thiol groups is 1. The summed E-state index contributed by atoms with van der Waals surface area (Å²) in [5.74, 6) is 0. The van der Waals surface area contributed by atoms with Crippen LogP contribution in [0.2, 0.25) is 0 Å². The fourth-order valence-electron chi connectivity index (χ4n) is 0.691. The highest BCUT2D eigenvalue weighted by Gasteiger charge is 2.22. The molecule has 11 heavy (non-hydrogen) atoms. The van der Waals surface area contributed by atoms with Crippen LogP contribution in [0.1, 0.15) is 12.8 Å². The molecule has 0 aromatic rings. The maximum Gasteiger partial charge on any atom is 0.180 e. The fourth-order valence-corrected chi connectivity index (χ4v) is 0.691. The number of hydrogen-bond donors (Lipinski definition) is 2. The number of halogens is 2. The lowest BCUT2D eigenvalue weighted by atomic mass is 10.4. The van der Waals surface area contributed by atoms with Crippen molar-refractivity contribution >= 4 is 29.2 Å². The lowest BCUT2D eigenvalue weighted by molar-refractivity contribution is -0.0464. The van der Waals surface area contributed by atoms with Crippen LogP contribution in [0, 0.1) is 0 Å². The van der Waals surface area contributed by atoms with Crippen molar-refractivity contribution in [2.45, 2.75) is 19.1 Å². The lowest BCUT2D eigenvalue weighted by Gasteiger charge is -2.01. The number of rotatable bonds is 0. The van der Waals surface area contributed by atoms with Gasteiger partial charge in [0.1, 0.15) is 4.32 Å². The van der Waals surface area contributed by atoms with Crippen molar-refractivity contribution in [1.82, 2.24) is 5.12 Å². The third-order valence-electron chi connectivity index (χ3n) is 1.12. The molecule has 0 aromatic heterocycles. The lowest BCUT2D eigenvalue weighted by Crippen LogP contribution is -2.14.